The Kier molecular flexibility index (Phi) is 7.30. The minimum Gasteiger partial charge on any atom is -0.459 e. The minimum atomic E-state index is -0.897. The number of aromatic nitrogens is 1. The topological polar surface area (TPSA) is 90.5 Å². The molecule has 168 valence electrons. The average Bonchev–Trinajstić information content (AvgIpc) is 3.40. The first kappa shape index (κ1) is 23.1. The fourth-order valence-corrected chi connectivity index (χ4v) is 3.51. The van der Waals surface area contributed by atoms with Crippen LogP contribution in [0.3, 0.4) is 0 Å². The maximum Gasteiger partial charge on any atom is 0.329 e. The highest BCUT2D eigenvalue weighted by molar-refractivity contribution is 6.00. The van der Waals surface area contributed by atoms with Gasteiger partial charge >= 0.3 is 5.97 Å². The van der Waals surface area contributed by atoms with Crippen LogP contribution in [0.15, 0.2) is 59.2 Å². The zero-order valence-corrected chi connectivity index (χ0v) is 18.8. The Morgan fingerprint density at radius 1 is 1.06 bits per heavy atom. The summed E-state index contributed by atoms with van der Waals surface area (Å²) in [5, 5.41) is 2.61. The van der Waals surface area contributed by atoms with Crippen molar-refractivity contribution in [2.24, 2.45) is 5.92 Å². The molecular formula is C25H28N2O5. The second-order valence-electron chi connectivity index (χ2n) is 8.06. The van der Waals surface area contributed by atoms with E-state index in [9.17, 15) is 14.4 Å². The van der Waals surface area contributed by atoms with Crippen LogP contribution in [0.4, 0.5) is 0 Å². The molecule has 7 heteroatoms. The SMILES string of the molecule is Cc1cc(C(=O)COC(=O)[C@@H](NC(=O)c2ccco2)C(C)C)c(C)n1Cc1ccccc1. The Morgan fingerprint density at radius 3 is 2.41 bits per heavy atom. The lowest BCUT2D eigenvalue weighted by molar-refractivity contribution is -0.145. The third kappa shape index (κ3) is 5.35. The molecule has 3 aromatic rings. The Bertz CT molecular complexity index is 1080. The molecule has 7 nitrogen and oxygen atoms in total. The molecule has 32 heavy (non-hydrogen) atoms. The van der Waals surface area contributed by atoms with E-state index in [0.29, 0.717) is 12.1 Å². The number of ether oxygens (including phenoxy) is 1. The molecule has 2 heterocycles. The summed E-state index contributed by atoms with van der Waals surface area (Å²) >= 11 is 0. The number of nitrogens with zero attached hydrogens (tertiary/aromatic N) is 1. The highest BCUT2D eigenvalue weighted by atomic mass is 16.5. The van der Waals surface area contributed by atoms with Crippen LogP contribution in [0.2, 0.25) is 0 Å². The number of carbonyl (C=O) groups is 3. The van der Waals surface area contributed by atoms with Crippen molar-refractivity contribution in [3.05, 3.63) is 83.1 Å². The Labute approximate surface area is 187 Å². The van der Waals surface area contributed by atoms with Gasteiger partial charge in [-0.2, -0.15) is 0 Å². The second-order valence-corrected chi connectivity index (χ2v) is 8.06. The molecule has 0 aliphatic rings. The number of carbonyl (C=O) groups excluding carboxylic acids is 3. The first-order valence-corrected chi connectivity index (χ1v) is 10.5. The van der Waals surface area contributed by atoms with Gasteiger partial charge in [-0.15, -0.1) is 0 Å². The van der Waals surface area contributed by atoms with E-state index in [4.69, 9.17) is 9.15 Å². The standard InChI is InChI=1S/C25H28N2O5/c1-16(2)23(26-24(29)22-11-8-12-31-22)25(30)32-15-21(28)20-13-17(3)27(18(20)4)14-19-9-6-5-7-10-19/h5-13,16,23H,14-15H2,1-4H3,(H,26,29)/t23-/m0/s1. The van der Waals surface area contributed by atoms with Gasteiger partial charge in [-0.25, -0.2) is 4.79 Å². The molecule has 0 unspecified atom stereocenters. The van der Waals surface area contributed by atoms with Crippen LogP contribution in [0.1, 0.15) is 51.7 Å². The number of esters is 1. The van der Waals surface area contributed by atoms with Gasteiger partial charge in [0.25, 0.3) is 5.91 Å². The van der Waals surface area contributed by atoms with Gasteiger partial charge < -0.3 is 19.0 Å². The molecule has 0 bridgehead atoms. The molecule has 0 aliphatic carbocycles. The number of ketones is 1. The summed E-state index contributed by atoms with van der Waals surface area (Å²) < 4.78 is 12.4. The molecule has 0 radical (unpaired) electrons. The number of nitrogens with one attached hydrogen (secondary N) is 1. The summed E-state index contributed by atoms with van der Waals surface area (Å²) in [6.45, 7) is 7.65. The van der Waals surface area contributed by atoms with Crippen molar-refractivity contribution < 1.29 is 23.5 Å². The lowest BCUT2D eigenvalue weighted by Gasteiger charge is -2.20. The molecule has 0 saturated heterocycles. The zero-order valence-electron chi connectivity index (χ0n) is 18.8. The third-order valence-electron chi connectivity index (χ3n) is 5.36. The number of aryl methyl sites for hydroxylation is 1. The monoisotopic (exact) mass is 436 g/mol. The van der Waals surface area contributed by atoms with E-state index in [1.54, 1.807) is 19.9 Å². The number of furan rings is 1. The maximum absolute atomic E-state index is 12.8. The molecule has 0 aliphatic heterocycles. The summed E-state index contributed by atoms with van der Waals surface area (Å²) in [5.41, 5.74) is 3.42. The summed E-state index contributed by atoms with van der Waals surface area (Å²) in [6.07, 6.45) is 1.38. The van der Waals surface area contributed by atoms with Crippen LogP contribution in [0.25, 0.3) is 0 Å². The quantitative estimate of drug-likeness (QED) is 0.405. The van der Waals surface area contributed by atoms with Crippen molar-refractivity contribution in [3.8, 4) is 0 Å². The number of rotatable bonds is 9. The summed E-state index contributed by atoms with van der Waals surface area (Å²) in [6, 6.07) is 14.0. The minimum absolute atomic E-state index is 0.102. The van der Waals surface area contributed by atoms with Crippen LogP contribution in [0, 0.1) is 19.8 Å². The molecule has 1 N–H and O–H groups in total. The normalized spacial score (nSPS) is 11.9. The van der Waals surface area contributed by atoms with Crippen LogP contribution < -0.4 is 5.32 Å². The van der Waals surface area contributed by atoms with Crippen molar-refractivity contribution >= 4 is 17.7 Å². The summed E-state index contributed by atoms with van der Waals surface area (Å²) in [5.74, 6) is -1.59. The van der Waals surface area contributed by atoms with Gasteiger partial charge in [0.2, 0.25) is 5.78 Å². The predicted octanol–water partition coefficient (Wildman–Crippen LogP) is 3.93. The Morgan fingerprint density at radius 2 is 1.78 bits per heavy atom. The van der Waals surface area contributed by atoms with Crippen LogP contribution in [-0.4, -0.2) is 34.9 Å². The van der Waals surface area contributed by atoms with Crippen LogP contribution in [0.5, 0.6) is 0 Å². The average molecular weight is 437 g/mol. The van der Waals surface area contributed by atoms with E-state index in [1.165, 1.54) is 12.3 Å². The highest BCUT2D eigenvalue weighted by Gasteiger charge is 2.28. The molecule has 0 saturated carbocycles. The van der Waals surface area contributed by atoms with Crippen LogP contribution in [-0.2, 0) is 16.1 Å². The molecule has 3 rings (SSSR count). The maximum atomic E-state index is 12.8. The van der Waals surface area contributed by atoms with E-state index in [1.807, 2.05) is 50.2 Å². The fraction of sp³-hybridized carbons (Fsp3) is 0.320. The smallest absolute Gasteiger partial charge is 0.329 e. The van der Waals surface area contributed by atoms with E-state index in [2.05, 4.69) is 9.88 Å². The number of hydrogen-bond acceptors (Lipinski definition) is 5. The van der Waals surface area contributed by atoms with Crippen molar-refractivity contribution in [1.29, 1.82) is 0 Å². The molecule has 0 fully saturated rings. The molecule has 1 aromatic carbocycles. The van der Waals surface area contributed by atoms with Crippen molar-refractivity contribution in [1.82, 2.24) is 9.88 Å². The Hall–Kier alpha value is -3.61. The molecule has 1 amide bonds. The number of Topliss-reactive ketones (excluding diaryl/α,β-unsaturated/α-hetero) is 1. The Balaban J connectivity index is 1.64. The lowest BCUT2D eigenvalue weighted by atomic mass is 10.0. The number of amides is 1. The van der Waals surface area contributed by atoms with Gasteiger partial charge in [0.05, 0.1) is 6.26 Å². The predicted molar refractivity (Wildman–Crippen MR) is 120 cm³/mol. The van der Waals surface area contributed by atoms with Gasteiger partial charge in [-0.05, 0) is 43.5 Å². The lowest BCUT2D eigenvalue weighted by Crippen LogP contribution is -2.45. The largest absolute Gasteiger partial charge is 0.459 e. The van der Waals surface area contributed by atoms with Gasteiger partial charge in [-0.3, -0.25) is 9.59 Å². The first-order valence-electron chi connectivity index (χ1n) is 10.5. The number of hydrogen-bond donors (Lipinski definition) is 1. The van der Waals surface area contributed by atoms with Gasteiger partial charge in [0, 0.05) is 23.5 Å². The van der Waals surface area contributed by atoms with Crippen molar-refractivity contribution in [2.45, 2.75) is 40.3 Å². The van der Waals surface area contributed by atoms with Crippen LogP contribution >= 0.6 is 0 Å². The van der Waals surface area contributed by atoms with Gasteiger partial charge in [0.1, 0.15) is 6.04 Å². The van der Waals surface area contributed by atoms with Gasteiger partial charge in [-0.1, -0.05) is 44.2 Å². The zero-order chi connectivity index (χ0) is 23.3. The van der Waals surface area contributed by atoms with E-state index in [-0.39, 0.29) is 17.5 Å². The molecule has 1 atom stereocenters. The number of benzene rings is 1. The highest BCUT2D eigenvalue weighted by Crippen LogP contribution is 2.18. The molecular weight excluding hydrogens is 408 g/mol. The van der Waals surface area contributed by atoms with Crippen molar-refractivity contribution in [2.75, 3.05) is 6.61 Å². The first-order chi connectivity index (χ1) is 15.3. The third-order valence-corrected chi connectivity index (χ3v) is 5.36. The molecule has 0 spiro atoms. The molecule has 2 aromatic heterocycles. The fourth-order valence-electron chi connectivity index (χ4n) is 3.51. The van der Waals surface area contributed by atoms with E-state index >= 15 is 0 Å². The van der Waals surface area contributed by atoms with Gasteiger partial charge in [0.15, 0.2) is 12.4 Å². The van der Waals surface area contributed by atoms with Crippen molar-refractivity contribution in [3.63, 3.8) is 0 Å². The second kappa shape index (κ2) is 10.1. The van der Waals surface area contributed by atoms with E-state index in [0.717, 1.165) is 17.0 Å². The summed E-state index contributed by atoms with van der Waals surface area (Å²) in [7, 11) is 0. The summed E-state index contributed by atoms with van der Waals surface area (Å²) in [4.78, 5) is 37.6. The van der Waals surface area contributed by atoms with E-state index < -0.39 is 24.5 Å².